The first kappa shape index (κ1) is 16.0. The number of hydrogen-bond donors (Lipinski definition) is 1. The maximum atomic E-state index is 6.32. The van der Waals surface area contributed by atoms with E-state index in [0.29, 0.717) is 22.3 Å². The number of hydrogen-bond acceptors (Lipinski definition) is 4. The van der Waals surface area contributed by atoms with Crippen molar-refractivity contribution >= 4 is 23.2 Å². The third-order valence-electron chi connectivity index (χ3n) is 3.13. The van der Waals surface area contributed by atoms with E-state index in [2.05, 4.69) is 15.3 Å². The molecule has 1 atom stereocenters. The minimum absolute atomic E-state index is 0.0285. The van der Waals surface area contributed by atoms with Gasteiger partial charge in [-0.3, -0.25) is 0 Å². The Hall–Kier alpha value is -1.36. The number of nitrogens with one attached hydrogen (secondary N) is 1. The van der Waals surface area contributed by atoms with Crippen molar-refractivity contribution in [2.24, 2.45) is 0 Å². The van der Waals surface area contributed by atoms with Crippen molar-refractivity contribution in [2.75, 3.05) is 13.7 Å². The van der Waals surface area contributed by atoms with Crippen molar-refractivity contribution in [1.29, 1.82) is 0 Å². The van der Waals surface area contributed by atoms with E-state index in [-0.39, 0.29) is 6.04 Å². The van der Waals surface area contributed by atoms with E-state index in [1.54, 1.807) is 13.2 Å². The summed E-state index contributed by atoms with van der Waals surface area (Å²) < 4.78 is 5.13. The van der Waals surface area contributed by atoms with Crippen LogP contribution in [-0.2, 0) is 6.42 Å². The van der Waals surface area contributed by atoms with Gasteiger partial charge in [0.15, 0.2) is 0 Å². The standard InChI is InChI=1S/C15H17Cl2N3O/c1-3-18-13(11-5-4-6-12(16)15(11)17)7-10-8-14(21-2)20-9-19-10/h4-6,8-9,13,18H,3,7H2,1-2H3. The highest BCUT2D eigenvalue weighted by molar-refractivity contribution is 6.42. The zero-order valence-electron chi connectivity index (χ0n) is 11.9. The van der Waals surface area contributed by atoms with Crippen molar-refractivity contribution in [3.05, 3.63) is 51.9 Å². The van der Waals surface area contributed by atoms with Crippen LogP contribution in [0.5, 0.6) is 5.88 Å². The van der Waals surface area contributed by atoms with Gasteiger partial charge in [0.25, 0.3) is 0 Å². The van der Waals surface area contributed by atoms with Gasteiger partial charge in [0.2, 0.25) is 5.88 Å². The Bertz CT molecular complexity index is 607. The Morgan fingerprint density at radius 1 is 1.29 bits per heavy atom. The second-order valence-electron chi connectivity index (χ2n) is 4.51. The molecule has 2 aromatic rings. The van der Waals surface area contributed by atoms with Gasteiger partial charge in [-0.25, -0.2) is 9.97 Å². The fourth-order valence-electron chi connectivity index (χ4n) is 2.14. The summed E-state index contributed by atoms with van der Waals surface area (Å²) in [6.45, 7) is 2.86. The van der Waals surface area contributed by atoms with E-state index in [9.17, 15) is 0 Å². The first-order valence-electron chi connectivity index (χ1n) is 6.68. The van der Waals surface area contributed by atoms with E-state index in [1.807, 2.05) is 25.1 Å². The lowest BCUT2D eigenvalue weighted by Gasteiger charge is -2.20. The van der Waals surface area contributed by atoms with Crippen molar-refractivity contribution < 1.29 is 4.74 Å². The molecule has 0 aliphatic rings. The Kier molecular flexibility index (Phi) is 5.79. The van der Waals surface area contributed by atoms with E-state index in [1.165, 1.54) is 6.33 Å². The van der Waals surface area contributed by atoms with Crippen LogP contribution in [0.4, 0.5) is 0 Å². The molecule has 0 fully saturated rings. The van der Waals surface area contributed by atoms with E-state index < -0.39 is 0 Å². The predicted molar refractivity (Wildman–Crippen MR) is 85.2 cm³/mol. The lowest BCUT2D eigenvalue weighted by atomic mass is 10.0. The smallest absolute Gasteiger partial charge is 0.216 e. The lowest BCUT2D eigenvalue weighted by molar-refractivity contribution is 0.395. The molecule has 1 N–H and O–H groups in total. The SMILES string of the molecule is CCNC(Cc1cc(OC)ncn1)c1cccc(Cl)c1Cl. The number of rotatable bonds is 6. The van der Waals surface area contributed by atoms with Gasteiger partial charge in [-0.2, -0.15) is 0 Å². The van der Waals surface area contributed by atoms with E-state index >= 15 is 0 Å². The van der Waals surface area contributed by atoms with Crippen LogP contribution >= 0.6 is 23.2 Å². The largest absolute Gasteiger partial charge is 0.481 e. The molecule has 0 bridgehead atoms. The zero-order chi connectivity index (χ0) is 15.2. The number of benzene rings is 1. The minimum atomic E-state index is 0.0285. The number of aromatic nitrogens is 2. The summed E-state index contributed by atoms with van der Waals surface area (Å²) in [4.78, 5) is 8.29. The van der Waals surface area contributed by atoms with Crippen LogP contribution in [0, 0.1) is 0 Å². The van der Waals surface area contributed by atoms with Crippen LogP contribution in [0.1, 0.15) is 24.2 Å². The molecule has 112 valence electrons. The summed E-state index contributed by atoms with van der Waals surface area (Å²) in [6, 6.07) is 7.50. The Morgan fingerprint density at radius 2 is 2.10 bits per heavy atom. The average molecular weight is 326 g/mol. The predicted octanol–water partition coefficient (Wildman–Crippen LogP) is 3.69. The van der Waals surface area contributed by atoms with Crippen molar-refractivity contribution in [3.8, 4) is 5.88 Å². The third-order valence-corrected chi connectivity index (χ3v) is 3.96. The molecule has 0 aliphatic heterocycles. The molecule has 0 saturated carbocycles. The molecule has 1 aromatic heterocycles. The van der Waals surface area contributed by atoms with Crippen LogP contribution in [0.3, 0.4) is 0 Å². The molecule has 1 unspecified atom stereocenters. The summed E-state index contributed by atoms with van der Waals surface area (Å²) in [5, 5.41) is 4.54. The molecular weight excluding hydrogens is 309 g/mol. The highest BCUT2D eigenvalue weighted by Gasteiger charge is 2.17. The molecule has 1 heterocycles. The topological polar surface area (TPSA) is 47.0 Å². The maximum Gasteiger partial charge on any atom is 0.216 e. The normalized spacial score (nSPS) is 12.2. The van der Waals surface area contributed by atoms with E-state index in [4.69, 9.17) is 27.9 Å². The second-order valence-corrected chi connectivity index (χ2v) is 5.29. The molecule has 0 spiro atoms. The highest BCUT2D eigenvalue weighted by Crippen LogP contribution is 2.31. The summed E-state index contributed by atoms with van der Waals surface area (Å²) in [5.41, 5.74) is 1.84. The number of methoxy groups -OCH3 is 1. The Morgan fingerprint density at radius 3 is 2.81 bits per heavy atom. The van der Waals surface area contributed by atoms with Gasteiger partial charge in [0.05, 0.1) is 17.2 Å². The van der Waals surface area contributed by atoms with Gasteiger partial charge >= 0.3 is 0 Å². The summed E-state index contributed by atoms with van der Waals surface area (Å²) in [7, 11) is 1.59. The molecule has 4 nitrogen and oxygen atoms in total. The van der Waals surface area contributed by atoms with Crippen LogP contribution in [0.15, 0.2) is 30.6 Å². The molecule has 21 heavy (non-hydrogen) atoms. The average Bonchev–Trinajstić information content (AvgIpc) is 2.50. The first-order chi connectivity index (χ1) is 10.2. The number of likely N-dealkylation sites (N-methyl/N-ethyl adjacent to an activating group) is 1. The zero-order valence-corrected chi connectivity index (χ0v) is 13.4. The third kappa shape index (κ3) is 4.06. The van der Waals surface area contributed by atoms with Gasteiger partial charge in [-0.15, -0.1) is 0 Å². The lowest BCUT2D eigenvalue weighted by Crippen LogP contribution is -2.23. The first-order valence-corrected chi connectivity index (χ1v) is 7.43. The van der Waals surface area contributed by atoms with Crippen molar-refractivity contribution in [1.82, 2.24) is 15.3 Å². The highest BCUT2D eigenvalue weighted by atomic mass is 35.5. The summed E-state index contributed by atoms with van der Waals surface area (Å²) in [6.07, 6.45) is 2.17. The Labute approximate surface area is 134 Å². The summed E-state index contributed by atoms with van der Waals surface area (Å²) >= 11 is 12.4. The van der Waals surface area contributed by atoms with Crippen molar-refractivity contribution in [3.63, 3.8) is 0 Å². The van der Waals surface area contributed by atoms with Crippen LogP contribution in [0.25, 0.3) is 0 Å². The van der Waals surface area contributed by atoms with Crippen LogP contribution in [0.2, 0.25) is 10.0 Å². The van der Waals surface area contributed by atoms with Gasteiger partial charge in [0.1, 0.15) is 6.33 Å². The number of halogens is 2. The van der Waals surface area contributed by atoms with Gasteiger partial charge in [-0.1, -0.05) is 42.3 Å². The molecule has 1 aromatic carbocycles. The van der Waals surface area contributed by atoms with E-state index in [0.717, 1.165) is 17.8 Å². The molecule has 2 rings (SSSR count). The molecule has 6 heteroatoms. The summed E-state index contributed by atoms with van der Waals surface area (Å²) in [5.74, 6) is 0.549. The van der Waals surface area contributed by atoms with Crippen LogP contribution < -0.4 is 10.1 Å². The van der Waals surface area contributed by atoms with Crippen LogP contribution in [-0.4, -0.2) is 23.6 Å². The second kappa shape index (κ2) is 7.59. The van der Waals surface area contributed by atoms with Gasteiger partial charge in [-0.05, 0) is 18.2 Å². The van der Waals surface area contributed by atoms with Gasteiger partial charge < -0.3 is 10.1 Å². The minimum Gasteiger partial charge on any atom is -0.481 e. The maximum absolute atomic E-state index is 6.32. The number of ether oxygens (including phenoxy) is 1. The van der Waals surface area contributed by atoms with Crippen molar-refractivity contribution in [2.45, 2.75) is 19.4 Å². The Balaban J connectivity index is 2.28. The molecule has 0 aliphatic carbocycles. The van der Waals surface area contributed by atoms with Gasteiger partial charge in [0, 0.05) is 24.2 Å². The number of nitrogens with zero attached hydrogens (tertiary/aromatic N) is 2. The monoisotopic (exact) mass is 325 g/mol. The molecule has 0 radical (unpaired) electrons. The fourth-order valence-corrected chi connectivity index (χ4v) is 2.58. The fraction of sp³-hybridized carbons (Fsp3) is 0.333. The molecule has 0 saturated heterocycles. The molecular formula is C15H17Cl2N3O. The quantitative estimate of drug-likeness (QED) is 0.879. The molecule has 0 amide bonds.